The third-order valence-corrected chi connectivity index (χ3v) is 8.35. The molecule has 0 saturated carbocycles. The third-order valence-electron chi connectivity index (χ3n) is 8.10. The van der Waals surface area contributed by atoms with Crippen LogP contribution in [0, 0.1) is 5.92 Å². The number of halogens is 1. The molecule has 1 aliphatic heterocycles. The van der Waals surface area contributed by atoms with Gasteiger partial charge >= 0.3 is 0 Å². The smallest absolute Gasteiger partial charge is 0.251 e. The first-order valence-electron chi connectivity index (χ1n) is 14.7. The Morgan fingerprint density at radius 3 is 1.90 bits per heavy atom. The van der Waals surface area contributed by atoms with E-state index in [0.29, 0.717) is 24.6 Å². The van der Waals surface area contributed by atoms with Crippen molar-refractivity contribution in [2.24, 2.45) is 5.92 Å². The highest BCUT2D eigenvalue weighted by molar-refractivity contribution is 6.30. The Morgan fingerprint density at radius 1 is 0.786 bits per heavy atom. The summed E-state index contributed by atoms with van der Waals surface area (Å²) in [5, 5.41) is 3.62. The summed E-state index contributed by atoms with van der Waals surface area (Å²) in [6.07, 6.45) is 2.05. The summed E-state index contributed by atoms with van der Waals surface area (Å²) in [6.45, 7) is 4.08. The fourth-order valence-corrected chi connectivity index (χ4v) is 5.84. The molecule has 0 spiro atoms. The van der Waals surface area contributed by atoms with Gasteiger partial charge in [0.2, 0.25) is 5.91 Å². The maximum atomic E-state index is 13.8. The first-order valence-corrected chi connectivity index (χ1v) is 15.1. The number of nitrogens with one attached hydrogen (secondary N) is 1. The molecular weight excluding hydrogens is 542 g/mol. The highest BCUT2D eigenvalue weighted by Crippen LogP contribution is 2.28. The number of nitrogens with zero attached hydrogens (tertiary/aromatic N) is 2. The second kappa shape index (κ2) is 14.8. The van der Waals surface area contributed by atoms with Crippen molar-refractivity contribution in [3.8, 4) is 0 Å². The molecule has 5 nitrogen and oxygen atoms in total. The van der Waals surface area contributed by atoms with E-state index in [9.17, 15) is 9.59 Å². The van der Waals surface area contributed by atoms with Crippen molar-refractivity contribution in [3.63, 3.8) is 0 Å². The molecule has 4 aromatic carbocycles. The minimum Gasteiger partial charge on any atom is -0.343 e. The van der Waals surface area contributed by atoms with Crippen LogP contribution >= 0.6 is 11.6 Å². The van der Waals surface area contributed by atoms with Crippen LogP contribution in [0.4, 0.5) is 0 Å². The summed E-state index contributed by atoms with van der Waals surface area (Å²) >= 11 is 6.06. The minimum atomic E-state index is -0.234. The molecule has 42 heavy (non-hydrogen) atoms. The van der Waals surface area contributed by atoms with Gasteiger partial charge in [-0.1, -0.05) is 103 Å². The van der Waals surface area contributed by atoms with Crippen LogP contribution in [0.2, 0.25) is 5.02 Å². The van der Waals surface area contributed by atoms with Crippen LogP contribution in [0.3, 0.4) is 0 Å². The second-order valence-corrected chi connectivity index (χ2v) is 11.5. The van der Waals surface area contributed by atoms with E-state index in [1.54, 1.807) is 12.1 Å². The fraction of sp³-hybridized carbons (Fsp3) is 0.278. The van der Waals surface area contributed by atoms with E-state index < -0.39 is 0 Å². The summed E-state index contributed by atoms with van der Waals surface area (Å²) in [7, 11) is 0. The van der Waals surface area contributed by atoms with Gasteiger partial charge in [0.05, 0.1) is 6.54 Å². The average Bonchev–Trinajstić information content (AvgIpc) is 3.05. The predicted octanol–water partition coefficient (Wildman–Crippen LogP) is 6.64. The lowest BCUT2D eigenvalue weighted by molar-refractivity contribution is -0.131. The van der Waals surface area contributed by atoms with Crippen molar-refractivity contribution >= 4 is 23.4 Å². The number of amides is 2. The Morgan fingerprint density at radius 2 is 1.33 bits per heavy atom. The Labute approximate surface area is 254 Å². The van der Waals surface area contributed by atoms with Crippen molar-refractivity contribution < 1.29 is 9.59 Å². The highest BCUT2D eigenvalue weighted by atomic mass is 35.5. The first kappa shape index (κ1) is 29.6. The normalized spacial score (nSPS) is 14.0. The molecule has 216 valence electrons. The predicted molar refractivity (Wildman–Crippen MR) is 170 cm³/mol. The molecule has 6 heteroatoms. The van der Waals surface area contributed by atoms with E-state index in [4.69, 9.17) is 11.6 Å². The molecule has 5 rings (SSSR count). The zero-order valence-corrected chi connectivity index (χ0v) is 24.6. The minimum absolute atomic E-state index is 0.0283. The van der Waals surface area contributed by atoms with Crippen LogP contribution in [-0.2, 0) is 11.3 Å². The zero-order valence-electron chi connectivity index (χ0n) is 23.9. The average molecular weight is 580 g/mol. The van der Waals surface area contributed by atoms with Gasteiger partial charge in [0.1, 0.15) is 0 Å². The summed E-state index contributed by atoms with van der Waals surface area (Å²) < 4.78 is 0. The lowest BCUT2D eigenvalue weighted by Gasteiger charge is -2.36. The van der Waals surface area contributed by atoms with Crippen LogP contribution in [0.15, 0.2) is 115 Å². The van der Waals surface area contributed by atoms with Crippen molar-refractivity contribution in [3.05, 3.63) is 143 Å². The number of carbonyl (C=O) groups is 2. The van der Waals surface area contributed by atoms with Gasteiger partial charge < -0.3 is 10.2 Å². The number of hydrogen-bond donors (Lipinski definition) is 1. The molecule has 0 atom stereocenters. The van der Waals surface area contributed by atoms with Gasteiger partial charge in [-0.2, -0.15) is 0 Å². The number of rotatable bonds is 11. The van der Waals surface area contributed by atoms with Gasteiger partial charge in [0, 0.05) is 36.1 Å². The fourth-order valence-electron chi connectivity index (χ4n) is 5.72. The molecule has 0 aliphatic carbocycles. The Balaban J connectivity index is 1.28. The molecule has 1 aliphatic rings. The summed E-state index contributed by atoms with van der Waals surface area (Å²) in [5.74, 6) is 0.139. The van der Waals surface area contributed by atoms with E-state index >= 15 is 0 Å². The maximum absolute atomic E-state index is 13.8. The largest absolute Gasteiger partial charge is 0.343 e. The van der Waals surface area contributed by atoms with E-state index in [2.05, 4.69) is 46.6 Å². The molecule has 0 bridgehead atoms. The summed E-state index contributed by atoms with van der Waals surface area (Å²) in [4.78, 5) is 31.0. The van der Waals surface area contributed by atoms with E-state index in [0.717, 1.165) is 37.5 Å². The second-order valence-electron chi connectivity index (χ2n) is 11.1. The first-order chi connectivity index (χ1) is 20.5. The molecule has 0 unspecified atom stereocenters. The van der Waals surface area contributed by atoms with Gasteiger partial charge in [-0.05, 0) is 72.8 Å². The van der Waals surface area contributed by atoms with E-state index in [-0.39, 0.29) is 24.3 Å². The van der Waals surface area contributed by atoms with Crippen LogP contribution in [0.1, 0.15) is 45.8 Å². The number of benzene rings is 4. The van der Waals surface area contributed by atoms with Gasteiger partial charge in [0.15, 0.2) is 0 Å². The van der Waals surface area contributed by atoms with Crippen LogP contribution in [-0.4, -0.2) is 54.3 Å². The van der Waals surface area contributed by atoms with Crippen molar-refractivity contribution in [2.75, 3.05) is 32.7 Å². The van der Waals surface area contributed by atoms with E-state index in [1.165, 1.54) is 16.7 Å². The van der Waals surface area contributed by atoms with Gasteiger partial charge in [-0.3, -0.25) is 14.5 Å². The summed E-state index contributed by atoms with van der Waals surface area (Å²) in [5.41, 5.74) is 4.16. The van der Waals surface area contributed by atoms with Crippen LogP contribution < -0.4 is 5.32 Å². The number of carbonyl (C=O) groups excluding carboxylic acids is 2. The SMILES string of the molecule is O=C(NCC(=O)N(CC1CCN(Cc2ccc(Cl)cc2)CC1)CC(c1ccccc1)c1ccccc1)c1ccccc1. The lowest BCUT2D eigenvalue weighted by Crippen LogP contribution is -2.46. The van der Waals surface area contributed by atoms with E-state index in [1.807, 2.05) is 71.6 Å². The van der Waals surface area contributed by atoms with Crippen molar-refractivity contribution in [1.29, 1.82) is 0 Å². The summed E-state index contributed by atoms with van der Waals surface area (Å²) in [6, 6.07) is 37.9. The molecule has 2 amide bonds. The quantitative estimate of drug-likeness (QED) is 0.217. The van der Waals surface area contributed by atoms with Crippen molar-refractivity contribution in [1.82, 2.24) is 15.1 Å². The van der Waals surface area contributed by atoms with Crippen molar-refractivity contribution in [2.45, 2.75) is 25.3 Å². The molecule has 1 heterocycles. The number of piperidine rings is 1. The van der Waals surface area contributed by atoms with Gasteiger partial charge in [-0.15, -0.1) is 0 Å². The monoisotopic (exact) mass is 579 g/mol. The lowest BCUT2D eigenvalue weighted by atomic mass is 9.89. The molecule has 0 aromatic heterocycles. The molecular formula is C36H38ClN3O2. The number of hydrogen-bond acceptors (Lipinski definition) is 3. The highest BCUT2D eigenvalue weighted by Gasteiger charge is 2.27. The molecule has 1 fully saturated rings. The van der Waals surface area contributed by atoms with Gasteiger partial charge in [-0.25, -0.2) is 0 Å². The Kier molecular flexibility index (Phi) is 10.4. The molecule has 1 N–H and O–H groups in total. The van der Waals surface area contributed by atoms with Crippen LogP contribution in [0.5, 0.6) is 0 Å². The molecule has 1 saturated heterocycles. The number of likely N-dealkylation sites (tertiary alicyclic amines) is 1. The Hall–Kier alpha value is -3.93. The Bertz CT molecular complexity index is 1370. The zero-order chi connectivity index (χ0) is 29.1. The molecule has 0 radical (unpaired) electrons. The maximum Gasteiger partial charge on any atom is 0.251 e. The van der Waals surface area contributed by atoms with Crippen LogP contribution in [0.25, 0.3) is 0 Å². The van der Waals surface area contributed by atoms with Gasteiger partial charge in [0.25, 0.3) is 5.91 Å². The third kappa shape index (κ3) is 8.31. The molecule has 4 aromatic rings. The standard InChI is InChI=1S/C36H38ClN3O2/c37-33-18-16-28(17-19-33)25-39-22-20-29(21-23-39)26-40(35(41)24-38-36(42)32-14-8-3-9-15-32)27-34(30-10-4-1-5-11-30)31-12-6-2-7-13-31/h1-19,29,34H,20-27H2,(H,38,42). The topological polar surface area (TPSA) is 52.7 Å².